The maximum atomic E-state index is 13.3. The lowest BCUT2D eigenvalue weighted by Crippen LogP contribution is -2.21. The lowest BCUT2D eigenvalue weighted by Gasteiger charge is -2.21. The molecule has 1 N–H and O–H groups in total. The number of hydrogen-bond donors (Lipinski definition) is 1. The molecule has 0 atom stereocenters. The molecule has 0 spiro atoms. The van der Waals surface area contributed by atoms with Crippen molar-refractivity contribution in [2.75, 3.05) is 23.3 Å². The number of hydrogen-bond acceptors (Lipinski definition) is 5. The molecule has 0 amide bonds. The summed E-state index contributed by atoms with van der Waals surface area (Å²) in [5.74, 6) is -0.219. The molecule has 0 bridgehead atoms. The average Bonchev–Trinajstić information content (AvgIpc) is 2.90. The Morgan fingerprint density at radius 1 is 1.30 bits per heavy atom. The van der Waals surface area contributed by atoms with Gasteiger partial charge in [0, 0.05) is 18.8 Å². The molecule has 4 nitrogen and oxygen atoms in total. The van der Waals surface area contributed by atoms with E-state index in [0.29, 0.717) is 6.54 Å². The quantitative estimate of drug-likeness (QED) is 0.848. The van der Waals surface area contributed by atoms with E-state index in [9.17, 15) is 4.39 Å². The standard InChI is InChI=1S/C14H19FN4S/c1-3-8-16-14-18-17-13(20-14)10-19(4-2)12-7-5-6-11(15)9-12/h5-7,9H,3-4,8,10H2,1-2H3,(H,16,18). The van der Waals surface area contributed by atoms with E-state index in [-0.39, 0.29) is 5.82 Å². The monoisotopic (exact) mass is 294 g/mol. The van der Waals surface area contributed by atoms with E-state index in [1.165, 1.54) is 6.07 Å². The predicted octanol–water partition coefficient (Wildman–Crippen LogP) is 3.53. The van der Waals surface area contributed by atoms with Crippen LogP contribution in [0.25, 0.3) is 0 Å². The number of halogens is 1. The first-order chi connectivity index (χ1) is 9.72. The van der Waals surface area contributed by atoms with Gasteiger partial charge in [-0.05, 0) is 31.5 Å². The second-order valence-corrected chi connectivity index (χ2v) is 5.48. The summed E-state index contributed by atoms with van der Waals surface area (Å²) >= 11 is 1.55. The van der Waals surface area contributed by atoms with Crippen LogP contribution in [0.2, 0.25) is 0 Å². The van der Waals surface area contributed by atoms with E-state index in [4.69, 9.17) is 0 Å². The van der Waals surface area contributed by atoms with Crippen molar-refractivity contribution in [3.8, 4) is 0 Å². The Morgan fingerprint density at radius 3 is 2.85 bits per heavy atom. The van der Waals surface area contributed by atoms with Gasteiger partial charge in [0.25, 0.3) is 0 Å². The van der Waals surface area contributed by atoms with Gasteiger partial charge < -0.3 is 10.2 Å². The van der Waals surface area contributed by atoms with Gasteiger partial charge in [-0.25, -0.2) is 4.39 Å². The van der Waals surface area contributed by atoms with E-state index in [1.807, 2.05) is 13.0 Å². The van der Waals surface area contributed by atoms with Crippen molar-refractivity contribution in [1.29, 1.82) is 0 Å². The van der Waals surface area contributed by atoms with Crippen LogP contribution in [0.15, 0.2) is 24.3 Å². The fourth-order valence-electron chi connectivity index (χ4n) is 1.84. The van der Waals surface area contributed by atoms with E-state index in [2.05, 4.69) is 27.3 Å². The summed E-state index contributed by atoms with van der Waals surface area (Å²) in [7, 11) is 0. The Morgan fingerprint density at radius 2 is 2.15 bits per heavy atom. The highest BCUT2D eigenvalue weighted by atomic mass is 32.1. The lowest BCUT2D eigenvalue weighted by atomic mass is 10.3. The van der Waals surface area contributed by atoms with Crippen molar-refractivity contribution < 1.29 is 4.39 Å². The van der Waals surface area contributed by atoms with E-state index >= 15 is 0 Å². The molecule has 6 heteroatoms. The summed E-state index contributed by atoms with van der Waals surface area (Å²) in [4.78, 5) is 2.08. The minimum atomic E-state index is -0.219. The highest BCUT2D eigenvalue weighted by Gasteiger charge is 2.10. The zero-order valence-electron chi connectivity index (χ0n) is 11.8. The predicted molar refractivity (Wildman–Crippen MR) is 81.8 cm³/mol. The van der Waals surface area contributed by atoms with Gasteiger partial charge in [0.2, 0.25) is 5.13 Å². The van der Waals surface area contributed by atoms with Crippen LogP contribution < -0.4 is 10.2 Å². The number of nitrogens with zero attached hydrogens (tertiary/aromatic N) is 3. The molecule has 1 aromatic heterocycles. The summed E-state index contributed by atoms with van der Waals surface area (Å²) in [6.07, 6.45) is 1.05. The topological polar surface area (TPSA) is 41.1 Å². The molecule has 0 fully saturated rings. The van der Waals surface area contributed by atoms with Crippen molar-refractivity contribution in [2.24, 2.45) is 0 Å². The zero-order chi connectivity index (χ0) is 14.4. The maximum Gasteiger partial charge on any atom is 0.205 e. The number of rotatable bonds is 7. The number of nitrogens with one attached hydrogen (secondary N) is 1. The molecule has 2 rings (SSSR count). The zero-order valence-corrected chi connectivity index (χ0v) is 12.6. The molecule has 0 aliphatic rings. The SMILES string of the molecule is CCCNc1nnc(CN(CC)c2cccc(F)c2)s1. The van der Waals surface area contributed by atoms with Crippen LogP contribution in [0.4, 0.5) is 15.2 Å². The minimum Gasteiger partial charge on any atom is -0.365 e. The highest BCUT2D eigenvalue weighted by molar-refractivity contribution is 7.15. The first-order valence-electron chi connectivity index (χ1n) is 6.79. The molecule has 0 saturated heterocycles. The summed E-state index contributed by atoms with van der Waals surface area (Å²) in [5.41, 5.74) is 0.866. The van der Waals surface area contributed by atoms with Crippen LogP contribution in [0.5, 0.6) is 0 Å². The second kappa shape index (κ2) is 7.19. The van der Waals surface area contributed by atoms with Crippen LogP contribution >= 0.6 is 11.3 Å². The molecule has 0 saturated carbocycles. The molecule has 0 aliphatic carbocycles. The van der Waals surface area contributed by atoms with E-state index in [0.717, 1.165) is 35.3 Å². The van der Waals surface area contributed by atoms with Gasteiger partial charge in [-0.15, -0.1) is 10.2 Å². The molecule has 0 aliphatic heterocycles. The summed E-state index contributed by atoms with van der Waals surface area (Å²) in [6.45, 7) is 6.49. The molecular formula is C14H19FN4S. The Hall–Kier alpha value is -1.69. The summed E-state index contributed by atoms with van der Waals surface area (Å²) in [6, 6.07) is 6.63. The van der Waals surface area contributed by atoms with Gasteiger partial charge >= 0.3 is 0 Å². The number of benzene rings is 1. The van der Waals surface area contributed by atoms with E-state index < -0.39 is 0 Å². The van der Waals surface area contributed by atoms with Crippen molar-refractivity contribution in [2.45, 2.75) is 26.8 Å². The normalized spacial score (nSPS) is 10.6. The molecule has 0 unspecified atom stereocenters. The first kappa shape index (κ1) is 14.7. The molecular weight excluding hydrogens is 275 g/mol. The Balaban J connectivity index is 2.04. The molecule has 1 heterocycles. The molecule has 1 aromatic carbocycles. The van der Waals surface area contributed by atoms with Crippen LogP contribution in [0.1, 0.15) is 25.3 Å². The first-order valence-corrected chi connectivity index (χ1v) is 7.61. The Bertz CT molecular complexity index is 543. The highest BCUT2D eigenvalue weighted by Crippen LogP contribution is 2.21. The number of anilines is 2. The van der Waals surface area contributed by atoms with Gasteiger partial charge in [-0.2, -0.15) is 0 Å². The van der Waals surface area contributed by atoms with Crippen LogP contribution in [-0.2, 0) is 6.54 Å². The van der Waals surface area contributed by atoms with Crippen LogP contribution in [0, 0.1) is 5.82 Å². The van der Waals surface area contributed by atoms with Crippen LogP contribution in [0.3, 0.4) is 0 Å². The Labute approximate surface area is 122 Å². The van der Waals surface area contributed by atoms with Gasteiger partial charge in [0.15, 0.2) is 0 Å². The minimum absolute atomic E-state index is 0.219. The molecule has 2 aromatic rings. The van der Waals surface area contributed by atoms with Gasteiger partial charge in [-0.3, -0.25) is 0 Å². The third-order valence-corrected chi connectivity index (χ3v) is 3.74. The third kappa shape index (κ3) is 3.90. The third-order valence-electron chi connectivity index (χ3n) is 2.87. The second-order valence-electron chi connectivity index (χ2n) is 4.42. The maximum absolute atomic E-state index is 13.3. The van der Waals surface area contributed by atoms with Gasteiger partial charge in [-0.1, -0.05) is 24.3 Å². The van der Waals surface area contributed by atoms with Gasteiger partial charge in [0.1, 0.15) is 10.8 Å². The average molecular weight is 294 g/mol. The van der Waals surface area contributed by atoms with Crippen molar-refractivity contribution >= 4 is 22.2 Å². The Kier molecular flexibility index (Phi) is 5.29. The van der Waals surface area contributed by atoms with Crippen molar-refractivity contribution in [3.05, 3.63) is 35.1 Å². The molecule has 20 heavy (non-hydrogen) atoms. The fourth-order valence-corrected chi connectivity index (χ4v) is 2.62. The lowest BCUT2D eigenvalue weighted by molar-refractivity contribution is 0.626. The van der Waals surface area contributed by atoms with Crippen molar-refractivity contribution in [1.82, 2.24) is 10.2 Å². The summed E-state index contributed by atoms with van der Waals surface area (Å²) < 4.78 is 13.3. The van der Waals surface area contributed by atoms with Gasteiger partial charge in [0.05, 0.1) is 6.54 Å². The molecule has 0 radical (unpaired) electrons. The fraction of sp³-hybridized carbons (Fsp3) is 0.429. The smallest absolute Gasteiger partial charge is 0.205 e. The molecule has 108 valence electrons. The largest absolute Gasteiger partial charge is 0.365 e. The number of aromatic nitrogens is 2. The summed E-state index contributed by atoms with van der Waals surface area (Å²) in [5, 5.41) is 13.3. The van der Waals surface area contributed by atoms with Crippen LogP contribution in [-0.4, -0.2) is 23.3 Å². The van der Waals surface area contributed by atoms with E-state index in [1.54, 1.807) is 23.5 Å². The van der Waals surface area contributed by atoms with Crippen molar-refractivity contribution in [3.63, 3.8) is 0 Å².